The molecule has 0 aliphatic rings. The van der Waals surface area contributed by atoms with Crippen LogP contribution >= 0.6 is 11.8 Å². The Morgan fingerprint density at radius 2 is 2.00 bits per heavy atom. The fourth-order valence-electron chi connectivity index (χ4n) is 2.85. The first-order valence-corrected chi connectivity index (χ1v) is 10.1. The molecule has 0 aliphatic heterocycles. The van der Waals surface area contributed by atoms with Crippen LogP contribution in [-0.4, -0.2) is 30.9 Å². The van der Waals surface area contributed by atoms with Gasteiger partial charge in [0.2, 0.25) is 5.91 Å². The second-order valence-electron chi connectivity index (χ2n) is 6.71. The number of fused-ring (bicyclic) bond motifs is 1. The van der Waals surface area contributed by atoms with Crippen LogP contribution in [0.15, 0.2) is 64.7 Å². The van der Waals surface area contributed by atoms with E-state index in [1.807, 2.05) is 30.3 Å². The Kier molecular flexibility index (Phi) is 5.37. The van der Waals surface area contributed by atoms with Gasteiger partial charge in [0.1, 0.15) is 11.2 Å². The second-order valence-corrected chi connectivity index (χ2v) is 8.04. The van der Waals surface area contributed by atoms with E-state index >= 15 is 0 Å². The van der Waals surface area contributed by atoms with Gasteiger partial charge in [0.15, 0.2) is 10.8 Å². The van der Waals surface area contributed by atoms with Crippen molar-refractivity contribution in [2.45, 2.75) is 24.3 Å². The zero-order valence-corrected chi connectivity index (χ0v) is 17.0. The minimum Gasteiger partial charge on any atom is -0.325 e. The number of aromatic amines is 1. The monoisotopic (exact) mass is 423 g/mol. The summed E-state index contributed by atoms with van der Waals surface area (Å²) < 4.78 is 15.3. The number of carbonyl (C=O) groups is 1. The molecule has 0 unspecified atom stereocenters. The van der Waals surface area contributed by atoms with Crippen LogP contribution in [0, 0.1) is 12.7 Å². The molecule has 9 heteroatoms. The van der Waals surface area contributed by atoms with Crippen LogP contribution in [0.25, 0.3) is 16.7 Å². The van der Waals surface area contributed by atoms with E-state index in [-0.39, 0.29) is 11.5 Å². The van der Waals surface area contributed by atoms with Gasteiger partial charge in [0.25, 0.3) is 5.56 Å². The molecule has 0 aliphatic carbocycles. The van der Waals surface area contributed by atoms with Crippen molar-refractivity contribution in [2.75, 3.05) is 5.32 Å². The fraction of sp³-hybridized carbons (Fsp3) is 0.143. The van der Waals surface area contributed by atoms with Crippen molar-refractivity contribution < 1.29 is 9.18 Å². The SMILES string of the molecule is Cc1ccc(NC(=O)[C@@H](C)Sc2nc3c(cnn3-c3ccccc3)c(=O)[nH]2)cc1F. The topological polar surface area (TPSA) is 92.7 Å². The van der Waals surface area contributed by atoms with Crippen molar-refractivity contribution >= 4 is 34.4 Å². The third-order valence-corrected chi connectivity index (χ3v) is 5.50. The molecular formula is C21H18FN5O2S. The van der Waals surface area contributed by atoms with E-state index in [1.165, 1.54) is 12.3 Å². The van der Waals surface area contributed by atoms with Gasteiger partial charge in [-0.05, 0) is 43.7 Å². The van der Waals surface area contributed by atoms with Gasteiger partial charge in [0, 0.05) is 5.69 Å². The molecule has 0 fully saturated rings. The van der Waals surface area contributed by atoms with Crippen molar-refractivity contribution in [1.82, 2.24) is 19.7 Å². The summed E-state index contributed by atoms with van der Waals surface area (Å²) >= 11 is 1.10. The van der Waals surface area contributed by atoms with E-state index in [2.05, 4.69) is 20.4 Å². The molecule has 0 radical (unpaired) electrons. The van der Waals surface area contributed by atoms with E-state index in [9.17, 15) is 14.0 Å². The number of amides is 1. The first-order valence-electron chi connectivity index (χ1n) is 9.19. The molecule has 2 heterocycles. The van der Waals surface area contributed by atoms with E-state index in [4.69, 9.17) is 0 Å². The lowest BCUT2D eigenvalue weighted by Crippen LogP contribution is -2.23. The highest BCUT2D eigenvalue weighted by Gasteiger charge is 2.18. The van der Waals surface area contributed by atoms with Gasteiger partial charge < -0.3 is 10.3 Å². The van der Waals surface area contributed by atoms with Crippen LogP contribution in [0.5, 0.6) is 0 Å². The standard InChI is InChI=1S/C21H18FN5O2S/c1-12-8-9-14(10-17(12)22)24-19(28)13(2)30-21-25-18-16(20(29)26-21)11-23-27(18)15-6-4-3-5-7-15/h3-11,13H,1-2H3,(H,24,28)(H,25,26,29)/t13-/m1/s1. The maximum absolute atomic E-state index is 13.7. The Balaban J connectivity index is 1.57. The molecule has 152 valence electrons. The Bertz CT molecular complexity index is 1290. The predicted octanol–water partition coefficient (Wildman–Crippen LogP) is 3.68. The Morgan fingerprint density at radius 1 is 1.23 bits per heavy atom. The minimum absolute atomic E-state index is 0.294. The van der Waals surface area contributed by atoms with Crippen LogP contribution < -0.4 is 10.9 Å². The van der Waals surface area contributed by atoms with E-state index in [1.54, 1.807) is 30.7 Å². The van der Waals surface area contributed by atoms with Gasteiger partial charge >= 0.3 is 0 Å². The number of hydrogen-bond donors (Lipinski definition) is 2. The zero-order valence-electron chi connectivity index (χ0n) is 16.2. The number of halogens is 1. The second kappa shape index (κ2) is 8.11. The largest absolute Gasteiger partial charge is 0.325 e. The van der Waals surface area contributed by atoms with Gasteiger partial charge in [-0.2, -0.15) is 5.10 Å². The summed E-state index contributed by atoms with van der Waals surface area (Å²) in [5, 5.41) is 7.01. The Morgan fingerprint density at radius 3 is 2.73 bits per heavy atom. The van der Waals surface area contributed by atoms with Crippen molar-refractivity contribution in [3.63, 3.8) is 0 Å². The van der Waals surface area contributed by atoms with Gasteiger partial charge in [-0.1, -0.05) is 36.0 Å². The van der Waals surface area contributed by atoms with Crippen LogP contribution in [-0.2, 0) is 4.79 Å². The average molecular weight is 423 g/mol. The maximum Gasteiger partial charge on any atom is 0.262 e. The number of rotatable bonds is 5. The quantitative estimate of drug-likeness (QED) is 0.377. The molecule has 1 atom stereocenters. The van der Waals surface area contributed by atoms with Gasteiger partial charge in [-0.25, -0.2) is 14.1 Å². The summed E-state index contributed by atoms with van der Waals surface area (Å²) in [5.41, 5.74) is 1.71. The lowest BCUT2D eigenvalue weighted by molar-refractivity contribution is -0.115. The molecule has 30 heavy (non-hydrogen) atoms. The Hall–Kier alpha value is -3.46. The van der Waals surface area contributed by atoms with Crippen LogP contribution in [0.2, 0.25) is 0 Å². The molecule has 7 nitrogen and oxygen atoms in total. The highest BCUT2D eigenvalue weighted by molar-refractivity contribution is 8.00. The molecule has 0 saturated heterocycles. The lowest BCUT2D eigenvalue weighted by atomic mass is 10.2. The number of H-pyrrole nitrogens is 1. The molecule has 0 spiro atoms. The number of thioether (sulfide) groups is 1. The third-order valence-electron chi connectivity index (χ3n) is 4.51. The zero-order chi connectivity index (χ0) is 21.3. The third kappa shape index (κ3) is 3.97. The summed E-state index contributed by atoms with van der Waals surface area (Å²) in [7, 11) is 0. The fourth-order valence-corrected chi connectivity index (χ4v) is 3.64. The first kappa shape index (κ1) is 19.8. The number of para-hydroxylation sites is 1. The molecule has 2 aromatic carbocycles. The number of aryl methyl sites for hydroxylation is 1. The van der Waals surface area contributed by atoms with Crippen molar-refractivity contribution in [1.29, 1.82) is 0 Å². The van der Waals surface area contributed by atoms with Crippen molar-refractivity contribution in [3.05, 3.63) is 76.5 Å². The number of hydrogen-bond acceptors (Lipinski definition) is 5. The highest BCUT2D eigenvalue weighted by Crippen LogP contribution is 2.23. The van der Waals surface area contributed by atoms with Gasteiger partial charge in [-0.15, -0.1) is 0 Å². The number of carbonyl (C=O) groups excluding carboxylic acids is 1. The van der Waals surface area contributed by atoms with Crippen molar-refractivity contribution in [2.24, 2.45) is 0 Å². The number of anilines is 1. The molecular weight excluding hydrogens is 405 g/mol. The Labute approximate surface area is 175 Å². The molecule has 4 aromatic rings. The van der Waals surface area contributed by atoms with E-state index < -0.39 is 11.1 Å². The molecule has 2 N–H and O–H groups in total. The van der Waals surface area contributed by atoms with Crippen molar-refractivity contribution in [3.8, 4) is 5.69 Å². The summed E-state index contributed by atoms with van der Waals surface area (Å²) in [6, 6.07) is 13.8. The summed E-state index contributed by atoms with van der Waals surface area (Å²) in [5.74, 6) is -0.721. The number of nitrogens with one attached hydrogen (secondary N) is 2. The average Bonchev–Trinajstić information content (AvgIpc) is 3.16. The predicted molar refractivity (Wildman–Crippen MR) is 115 cm³/mol. The molecule has 4 rings (SSSR count). The maximum atomic E-state index is 13.7. The molecule has 0 saturated carbocycles. The molecule has 2 aromatic heterocycles. The summed E-state index contributed by atoms with van der Waals surface area (Å²) in [6.07, 6.45) is 1.46. The minimum atomic E-state index is -0.580. The molecule has 0 bridgehead atoms. The van der Waals surface area contributed by atoms with Crippen LogP contribution in [0.1, 0.15) is 12.5 Å². The van der Waals surface area contributed by atoms with E-state index in [0.717, 1.165) is 17.4 Å². The number of aromatic nitrogens is 4. The summed E-state index contributed by atoms with van der Waals surface area (Å²) in [4.78, 5) is 32.1. The van der Waals surface area contributed by atoms with Crippen LogP contribution in [0.4, 0.5) is 10.1 Å². The van der Waals surface area contributed by atoms with Gasteiger partial charge in [0.05, 0.1) is 17.1 Å². The highest BCUT2D eigenvalue weighted by atomic mass is 32.2. The normalized spacial score (nSPS) is 12.1. The van der Waals surface area contributed by atoms with E-state index in [0.29, 0.717) is 27.4 Å². The molecule has 1 amide bonds. The smallest absolute Gasteiger partial charge is 0.262 e. The van der Waals surface area contributed by atoms with Gasteiger partial charge in [-0.3, -0.25) is 9.59 Å². The first-order chi connectivity index (χ1) is 14.4. The summed E-state index contributed by atoms with van der Waals surface area (Å²) in [6.45, 7) is 3.33. The lowest BCUT2D eigenvalue weighted by Gasteiger charge is -2.12. The number of nitrogens with zero attached hydrogens (tertiary/aromatic N) is 3. The van der Waals surface area contributed by atoms with Crippen LogP contribution in [0.3, 0.4) is 0 Å². The number of benzene rings is 2.